The van der Waals surface area contributed by atoms with Gasteiger partial charge < -0.3 is 5.32 Å². The van der Waals surface area contributed by atoms with E-state index in [1.807, 2.05) is 24.3 Å². The van der Waals surface area contributed by atoms with E-state index >= 15 is 0 Å². The maximum Gasteiger partial charge on any atom is 0.251 e. The molecule has 1 amide bonds. The van der Waals surface area contributed by atoms with Gasteiger partial charge in [-0.2, -0.15) is 0 Å². The van der Waals surface area contributed by atoms with E-state index < -0.39 is 11.7 Å². The van der Waals surface area contributed by atoms with Gasteiger partial charge in [0, 0.05) is 16.1 Å². The minimum Gasteiger partial charge on any atom is -0.345 e. The van der Waals surface area contributed by atoms with Crippen LogP contribution in [0.2, 0.25) is 5.02 Å². The predicted molar refractivity (Wildman–Crippen MR) is 125 cm³/mol. The topological polar surface area (TPSA) is 76.9 Å². The molecule has 1 N–H and O–H groups in total. The molecule has 0 saturated heterocycles. The van der Waals surface area contributed by atoms with Crippen molar-refractivity contribution in [3.8, 4) is 5.69 Å². The van der Waals surface area contributed by atoms with E-state index in [1.54, 1.807) is 34.9 Å². The summed E-state index contributed by atoms with van der Waals surface area (Å²) in [6.07, 6.45) is 0. The Kier molecular flexibility index (Phi) is 7.16. The molecule has 0 saturated carbocycles. The summed E-state index contributed by atoms with van der Waals surface area (Å²) in [5.74, 6) is -0.368. The van der Waals surface area contributed by atoms with E-state index in [2.05, 4.69) is 15.5 Å². The van der Waals surface area contributed by atoms with Gasteiger partial charge in [-0.05, 0) is 36.4 Å². The summed E-state index contributed by atoms with van der Waals surface area (Å²) in [4.78, 5) is 25.0. The van der Waals surface area contributed by atoms with Gasteiger partial charge in [-0.15, -0.1) is 10.2 Å². The van der Waals surface area contributed by atoms with Gasteiger partial charge in [-0.25, -0.2) is 4.39 Å². The SMILES string of the molecule is O=C(CSc1nnc(CNC(=O)c2cccc(F)c2)n1-c1cccc(Cl)c1)c1ccccc1. The van der Waals surface area contributed by atoms with Crippen LogP contribution in [0.5, 0.6) is 0 Å². The Bertz CT molecular complexity index is 1300. The second kappa shape index (κ2) is 10.4. The first kappa shape index (κ1) is 22.7. The summed E-state index contributed by atoms with van der Waals surface area (Å²) in [6.45, 7) is 0.0437. The Morgan fingerprint density at radius 1 is 0.939 bits per heavy atom. The molecule has 4 rings (SSSR count). The Morgan fingerprint density at radius 2 is 1.70 bits per heavy atom. The van der Waals surface area contributed by atoms with Crippen LogP contribution in [-0.4, -0.2) is 32.2 Å². The fourth-order valence-electron chi connectivity index (χ4n) is 3.11. The Hall–Kier alpha value is -3.49. The second-order valence-electron chi connectivity index (χ2n) is 6.98. The number of hydrogen-bond donors (Lipinski definition) is 1. The van der Waals surface area contributed by atoms with Crippen LogP contribution in [0.15, 0.2) is 84.0 Å². The Labute approximate surface area is 198 Å². The minimum absolute atomic E-state index is 0.0396. The lowest BCUT2D eigenvalue weighted by Gasteiger charge is -2.11. The van der Waals surface area contributed by atoms with Gasteiger partial charge in [0.25, 0.3) is 5.91 Å². The lowest BCUT2D eigenvalue weighted by atomic mass is 10.2. The molecule has 0 radical (unpaired) electrons. The highest BCUT2D eigenvalue weighted by Crippen LogP contribution is 2.25. The number of ketones is 1. The summed E-state index contributed by atoms with van der Waals surface area (Å²) in [5.41, 5.74) is 1.51. The molecule has 166 valence electrons. The number of amides is 1. The number of benzene rings is 3. The number of rotatable bonds is 8. The molecule has 0 aliphatic carbocycles. The summed E-state index contributed by atoms with van der Waals surface area (Å²) < 4.78 is 15.2. The molecule has 4 aromatic rings. The summed E-state index contributed by atoms with van der Waals surface area (Å²) >= 11 is 7.41. The lowest BCUT2D eigenvalue weighted by molar-refractivity contribution is 0.0948. The number of aromatic nitrogens is 3. The summed E-state index contributed by atoms with van der Waals surface area (Å²) in [6, 6.07) is 21.5. The van der Waals surface area contributed by atoms with Gasteiger partial charge in [-0.3, -0.25) is 14.2 Å². The monoisotopic (exact) mass is 480 g/mol. The first-order chi connectivity index (χ1) is 16.0. The molecular weight excluding hydrogens is 463 g/mol. The van der Waals surface area contributed by atoms with Crippen molar-refractivity contribution in [1.82, 2.24) is 20.1 Å². The van der Waals surface area contributed by atoms with Crippen molar-refractivity contribution in [1.29, 1.82) is 0 Å². The van der Waals surface area contributed by atoms with Crippen LogP contribution in [0, 0.1) is 5.82 Å². The average molecular weight is 481 g/mol. The number of nitrogens with zero attached hydrogens (tertiary/aromatic N) is 3. The van der Waals surface area contributed by atoms with Crippen molar-refractivity contribution in [3.05, 3.63) is 107 Å². The third-order valence-corrected chi connectivity index (χ3v) is 5.85. The number of carbonyl (C=O) groups is 2. The van der Waals surface area contributed by atoms with Crippen LogP contribution in [0.3, 0.4) is 0 Å². The maximum absolute atomic E-state index is 13.4. The number of thioether (sulfide) groups is 1. The zero-order valence-corrected chi connectivity index (χ0v) is 18.8. The molecule has 0 aliphatic rings. The molecule has 0 aliphatic heterocycles. The molecule has 0 unspecified atom stereocenters. The molecule has 0 spiro atoms. The van der Waals surface area contributed by atoms with E-state index in [0.29, 0.717) is 27.3 Å². The molecule has 0 fully saturated rings. The standard InChI is InChI=1S/C24H18ClFN4O2S/c25-18-9-5-11-20(13-18)30-22(14-27-23(32)17-8-4-10-19(26)12-17)28-29-24(30)33-15-21(31)16-6-2-1-3-7-16/h1-13H,14-15H2,(H,27,32). The normalized spacial score (nSPS) is 10.7. The predicted octanol–water partition coefficient (Wildman–Crippen LogP) is 4.96. The van der Waals surface area contributed by atoms with Gasteiger partial charge in [0.1, 0.15) is 5.82 Å². The van der Waals surface area contributed by atoms with Crippen LogP contribution in [-0.2, 0) is 6.54 Å². The molecule has 0 bridgehead atoms. The van der Waals surface area contributed by atoms with Gasteiger partial charge in [0.2, 0.25) is 0 Å². The molecule has 33 heavy (non-hydrogen) atoms. The highest BCUT2D eigenvalue weighted by Gasteiger charge is 2.18. The van der Waals surface area contributed by atoms with Crippen molar-refractivity contribution in [2.45, 2.75) is 11.7 Å². The Balaban J connectivity index is 1.56. The molecule has 6 nitrogen and oxygen atoms in total. The van der Waals surface area contributed by atoms with Crippen molar-refractivity contribution in [2.24, 2.45) is 0 Å². The first-order valence-electron chi connectivity index (χ1n) is 9.96. The van der Waals surface area contributed by atoms with Gasteiger partial charge in [0.15, 0.2) is 16.8 Å². The molecule has 1 aromatic heterocycles. The highest BCUT2D eigenvalue weighted by atomic mass is 35.5. The van der Waals surface area contributed by atoms with E-state index in [1.165, 1.54) is 30.0 Å². The number of carbonyl (C=O) groups excluding carboxylic acids is 2. The van der Waals surface area contributed by atoms with E-state index in [4.69, 9.17) is 11.6 Å². The third kappa shape index (κ3) is 5.66. The van der Waals surface area contributed by atoms with Crippen LogP contribution in [0.25, 0.3) is 5.69 Å². The van der Waals surface area contributed by atoms with E-state index in [-0.39, 0.29) is 23.6 Å². The van der Waals surface area contributed by atoms with Crippen molar-refractivity contribution < 1.29 is 14.0 Å². The zero-order chi connectivity index (χ0) is 23.2. The average Bonchev–Trinajstić information content (AvgIpc) is 3.24. The maximum atomic E-state index is 13.4. The number of halogens is 2. The Morgan fingerprint density at radius 3 is 2.45 bits per heavy atom. The number of nitrogens with one attached hydrogen (secondary N) is 1. The van der Waals surface area contributed by atoms with Crippen LogP contribution < -0.4 is 5.32 Å². The van der Waals surface area contributed by atoms with Crippen LogP contribution >= 0.6 is 23.4 Å². The zero-order valence-electron chi connectivity index (χ0n) is 17.2. The molecule has 9 heteroatoms. The van der Waals surface area contributed by atoms with E-state index in [0.717, 1.165) is 6.07 Å². The summed E-state index contributed by atoms with van der Waals surface area (Å²) in [7, 11) is 0. The number of hydrogen-bond acceptors (Lipinski definition) is 5. The fraction of sp³-hybridized carbons (Fsp3) is 0.0833. The molecule has 0 atom stereocenters. The quantitative estimate of drug-likeness (QED) is 0.285. The largest absolute Gasteiger partial charge is 0.345 e. The van der Waals surface area contributed by atoms with Crippen LogP contribution in [0.4, 0.5) is 4.39 Å². The van der Waals surface area contributed by atoms with E-state index in [9.17, 15) is 14.0 Å². The van der Waals surface area contributed by atoms with Crippen LogP contribution in [0.1, 0.15) is 26.5 Å². The fourth-order valence-corrected chi connectivity index (χ4v) is 4.16. The first-order valence-corrected chi connectivity index (χ1v) is 11.3. The van der Waals surface area contributed by atoms with Gasteiger partial charge in [0.05, 0.1) is 18.0 Å². The second-order valence-corrected chi connectivity index (χ2v) is 8.36. The van der Waals surface area contributed by atoms with Gasteiger partial charge in [-0.1, -0.05) is 65.8 Å². The van der Waals surface area contributed by atoms with Gasteiger partial charge >= 0.3 is 0 Å². The van der Waals surface area contributed by atoms with Crippen molar-refractivity contribution in [3.63, 3.8) is 0 Å². The lowest BCUT2D eigenvalue weighted by Crippen LogP contribution is -2.24. The van der Waals surface area contributed by atoms with Crippen molar-refractivity contribution in [2.75, 3.05) is 5.75 Å². The highest BCUT2D eigenvalue weighted by molar-refractivity contribution is 7.99. The molecule has 3 aromatic carbocycles. The smallest absolute Gasteiger partial charge is 0.251 e. The molecular formula is C24H18ClFN4O2S. The molecule has 1 heterocycles. The minimum atomic E-state index is -0.494. The van der Waals surface area contributed by atoms with Crippen molar-refractivity contribution >= 4 is 35.1 Å². The third-order valence-electron chi connectivity index (χ3n) is 4.69. The number of Topliss-reactive ketones (excluding diaryl/α,β-unsaturated/α-hetero) is 1. The summed E-state index contributed by atoms with van der Waals surface area (Å²) in [5, 5.41) is 12.2.